The number of hydrogen-bond acceptors (Lipinski definition) is 2. The summed E-state index contributed by atoms with van der Waals surface area (Å²) < 4.78 is 11.9. The Balaban J connectivity index is 1.89. The largest absolute Gasteiger partial charge is 0.350 e. The lowest BCUT2D eigenvalue weighted by Crippen LogP contribution is -2.33. The molecule has 0 spiro atoms. The van der Waals surface area contributed by atoms with Crippen molar-refractivity contribution < 1.29 is 9.47 Å². The molecule has 2 saturated heterocycles. The molecule has 2 bridgehead atoms. The molecule has 0 aromatic carbocycles. The molecule has 5 atom stereocenters. The second-order valence-electron chi connectivity index (χ2n) is 5.73. The molecule has 2 heterocycles. The fourth-order valence-electron chi connectivity index (χ4n) is 3.75. The maximum absolute atomic E-state index is 6.12. The molecule has 2 nitrogen and oxygen atoms in total. The topological polar surface area (TPSA) is 18.5 Å². The standard InChI is InChI=1S/C12H20O2/c1-7(2)9-4-8-6-13-12(3)10(8)5-11(9)14-12/h7-11H,4-6H2,1-3H3/t8-,9?,10-,11?,12-/m1/s1. The summed E-state index contributed by atoms with van der Waals surface area (Å²) in [6.07, 6.45) is 3.04. The fraction of sp³-hybridized carbons (Fsp3) is 1.00. The van der Waals surface area contributed by atoms with Crippen LogP contribution in [0.15, 0.2) is 0 Å². The predicted molar refractivity (Wildman–Crippen MR) is 53.8 cm³/mol. The van der Waals surface area contributed by atoms with Gasteiger partial charge in [-0.05, 0) is 37.5 Å². The van der Waals surface area contributed by atoms with Gasteiger partial charge in [-0.25, -0.2) is 0 Å². The average molecular weight is 196 g/mol. The Kier molecular flexibility index (Phi) is 1.79. The lowest BCUT2D eigenvalue weighted by atomic mass is 9.70. The van der Waals surface area contributed by atoms with Crippen molar-refractivity contribution in [2.75, 3.05) is 6.61 Å². The summed E-state index contributed by atoms with van der Waals surface area (Å²) in [6, 6.07) is 0. The van der Waals surface area contributed by atoms with Gasteiger partial charge < -0.3 is 9.47 Å². The number of ether oxygens (including phenoxy) is 2. The molecule has 2 aliphatic heterocycles. The van der Waals surface area contributed by atoms with Crippen LogP contribution in [-0.2, 0) is 9.47 Å². The first kappa shape index (κ1) is 9.17. The number of fused-ring (bicyclic) bond motifs is 1. The minimum absolute atomic E-state index is 0.223. The van der Waals surface area contributed by atoms with Crippen molar-refractivity contribution in [3.63, 3.8) is 0 Å². The summed E-state index contributed by atoms with van der Waals surface area (Å²) in [5.74, 6) is 2.75. The Bertz CT molecular complexity index is 251. The average Bonchev–Trinajstić information content (AvgIpc) is 2.53. The van der Waals surface area contributed by atoms with Gasteiger partial charge in [0.25, 0.3) is 0 Å². The lowest BCUT2D eigenvalue weighted by Gasteiger charge is -2.34. The second kappa shape index (κ2) is 2.73. The third-order valence-electron chi connectivity index (χ3n) is 4.61. The van der Waals surface area contributed by atoms with E-state index in [1.54, 1.807) is 0 Å². The van der Waals surface area contributed by atoms with Crippen LogP contribution in [0.5, 0.6) is 0 Å². The molecule has 0 radical (unpaired) electrons. The van der Waals surface area contributed by atoms with Crippen LogP contribution in [0.3, 0.4) is 0 Å². The van der Waals surface area contributed by atoms with Gasteiger partial charge in [-0.3, -0.25) is 0 Å². The summed E-state index contributed by atoms with van der Waals surface area (Å²) in [5.41, 5.74) is 0. The Morgan fingerprint density at radius 3 is 2.79 bits per heavy atom. The summed E-state index contributed by atoms with van der Waals surface area (Å²) in [7, 11) is 0. The molecule has 1 saturated carbocycles. The molecular weight excluding hydrogens is 176 g/mol. The first-order chi connectivity index (χ1) is 6.60. The Hall–Kier alpha value is -0.0800. The van der Waals surface area contributed by atoms with E-state index in [-0.39, 0.29) is 5.79 Å². The van der Waals surface area contributed by atoms with Crippen molar-refractivity contribution >= 4 is 0 Å². The van der Waals surface area contributed by atoms with E-state index < -0.39 is 0 Å². The van der Waals surface area contributed by atoms with Crippen LogP contribution in [0.2, 0.25) is 0 Å². The zero-order valence-electron chi connectivity index (χ0n) is 9.32. The zero-order valence-corrected chi connectivity index (χ0v) is 9.32. The first-order valence-electron chi connectivity index (χ1n) is 5.92. The summed E-state index contributed by atoms with van der Waals surface area (Å²) in [5, 5.41) is 0. The van der Waals surface area contributed by atoms with Gasteiger partial charge in [0.2, 0.25) is 0 Å². The molecule has 14 heavy (non-hydrogen) atoms. The van der Waals surface area contributed by atoms with Crippen molar-refractivity contribution in [2.45, 2.75) is 45.5 Å². The monoisotopic (exact) mass is 196 g/mol. The third-order valence-corrected chi connectivity index (χ3v) is 4.61. The van der Waals surface area contributed by atoms with E-state index in [9.17, 15) is 0 Å². The molecular formula is C12H20O2. The smallest absolute Gasteiger partial charge is 0.169 e. The molecule has 0 aromatic heterocycles. The second-order valence-corrected chi connectivity index (χ2v) is 5.73. The van der Waals surface area contributed by atoms with E-state index in [4.69, 9.17) is 9.47 Å². The summed E-state index contributed by atoms with van der Waals surface area (Å²) >= 11 is 0. The van der Waals surface area contributed by atoms with Crippen LogP contribution in [0, 0.1) is 23.7 Å². The van der Waals surface area contributed by atoms with E-state index >= 15 is 0 Å². The normalized spacial score (nSPS) is 55.7. The van der Waals surface area contributed by atoms with E-state index in [2.05, 4.69) is 20.8 Å². The van der Waals surface area contributed by atoms with Crippen molar-refractivity contribution in [3.8, 4) is 0 Å². The van der Waals surface area contributed by atoms with Gasteiger partial charge >= 0.3 is 0 Å². The molecule has 3 fully saturated rings. The molecule has 3 rings (SSSR count). The van der Waals surface area contributed by atoms with E-state index in [1.165, 1.54) is 12.8 Å². The van der Waals surface area contributed by atoms with Crippen molar-refractivity contribution in [1.82, 2.24) is 0 Å². The van der Waals surface area contributed by atoms with Crippen LogP contribution in [-0.4, -0.2) is 18.5 Å². The van der Waals surface area contributed by atoms with Crippen LogP contribution < -0.4 is 0 Å². The SMILES string of the molecule is CC(C)C1C[C@@H]2CO[C@]3(C)OC1C[C@H]23. The number of rotatable bonds is 1. The van der Waals surface area contributed by atoms with E-state index in [1.807, 2.05) is 0 Å². The van der Waals surface area contributed by atoms with E-state index in [0.29, 0.717) is 12.0 Å². The van der Waals surface area contributed by atoms with Crippen LogP contribution in [0.1, 0.15) is 33.6 Å². The van der Waals surface area contributed by atoms with Crippen LogP contribution in [0.4, 0.5) is 0 Å². The minimum atomic E-state index is -0.223. The van der Waals surface area contributed by atoms with Gasteiger partial charge in [-0.1, -0.05) is 13.8 Å². The molecule has 80 valence electrons. The first-order valence-corrected chi connectivity index (χ1v) is 5.92. The van der Waals surface area contributed by atoms with Crippen molar-refractivity contribution in [3.05, 3.63) is 0 Å². The molecule has 3 aliphatic rings. The van der Waals surface area contributed by atoms with E-state index in [0.717, 1.165) is 24.4 Å². The highest BCUT2D eigenvalue weighted by Gasteiger charge is 2.59. The summed E-state index contributed by atoms with van der Waals surface area (Å²) in [6.45, 7) is 7.71. The molecule has 0 aromatic rings. The quantitative estimate of drug-likeness (QED) is 0.641. The predicted octanol–water partition coefficient (Wildman–Crippen LogP) is 2.43. The molecule has 0 amide bonds. The molecule has 2 heteroatoms. The van der Waals surface area contributed by atoms with Gasteiger partial charge in [-0.2, -0.15) is 0 Å². The van der Waals surface area contributed by atoms with Crippen LogP contribution in [0.25, 0.3) is 0 Å². The highest BCUT2D eigenvalue weighted by Crippen LogP contribution is 2.55. The highest BCUT2D eigenvalue weighted by atomic mass is 16.7. The summed E-state index contributed by atoms with van der Waals surface area (Å²) in [4.78, 5) is 0. The van der Waals surface area contributed by atoms with Gasteiger partial charge in [0.05, 0.1) is 12.7 Å². The van der Waals surface area contributed by atoms with Gasteiger partial charge in [0, 0.05) is 5.92 Å². The maximum Gasteiger partial charge on any atom is 0.169 e. The van der Waals surface area contributed by atoms with Crippen LogP contribution >= 0.6 is 0 Å². The lowest BCUT2D eigenvalue weighted by molar-refractivity contribution is -0.211. The van der Waals surface area contributed by atoms with Crippen molar-refractivity contribution in [1.29, 1.82) is 0 Å². The third kappa shape index (κ3) is 1.04. The van der Waals surface area contributed by atoms with Gasteiger partial charge in [0.15, 0.2) is 5.79 Å². The Morgan fingerprint density at radius 1 is 1.29 bits per heavy atom. The fourth-order valence-corrected chi connectivity index (χ4v) is 3.75. The molecule has 1 aliphatic carbocycles. The molecule has 0 N–H and O–H groups in total. The van der Waals surface area contributed by atoms with Gasteiger partial charge in [0.1, 0.15) is 0 Å². The zero-order chi connectivity index (χ0) is 9.92. The highest BCUT2D eigenvalue weighted by molar-refractivity contribution is 5.02. The van der Waals surface area contributed by atoms with Crippen molar-refractivity contribution in [2.24, 2.45) is 23.7 Å². The Labute approximate surface area is 86.0 Å². The minimum Gasteiger partial charge on any atom is -0.350 e. The van der Waals surface area contributed by atoms with Gasteiger partial charge in [-0.15, -0.1) is 0 Å². The maximum atomic E-state index is 6.12. The Morgan fingerprint density at radius 2 is 2.07 bits per heavy atom. The molecule has 2 unspecified atom stereocenters. The number of hydrogen-bond donors (Lipinski definition) is 0.